The van der Waals surface area contributed by atoms with Gasteiger partial charge in [-0.1, -0.05) is 43.3 Å². The molecule has 0 atom stereocenters. The van der Waals surface area contributed by atoms with E-state index in [0.29, 0.717) is 27.8 Å². The first-order valence-electron chi connectivity index (χ1n) is 10.2. The Morgan fingerprint density at radius 1 is 0.719 bits per heavy atom. The lowest BCUT2D eigenvalue weighted by molar-refractivity contribution is 0.0642. The van der Waals surface area contributed by atoms with Crippen LogP contribution in [0.5, 0.6) is 0 Å². The molecule has 3 aromatic carbocycles. The van der Waals surface area contributed by atoms with Crippen LogP contribution >= 0.6 is 0 Å². The summed E-state index contributed by atoms with van der Waals surface area (Å²) in [7, 11) is 0. The molecule has 4 amide bonds. The molecule has 0 fully saturated rings. The van der Waals surface area contributed by atoms with Gasteiger partial charge in [0.1, 0.15) is 0 Å². The SMILES string of the molecule is CCc1ccc(C(=O)NNC(=O)c2cccc(CN3C(=O)c4ccccc4C3=O)c2)cc1. The Morgan fingerprint density at radius 2 is 1.31 bits per heavy atom. The molecule has 0 spiro atoms. The molecular weight excluding hydrogens is 406 g/mol. The predicted molar refractivity (Wildman–Crippen MR) is 118 cm³/mol. The number of hydrogen-bond donors (Lipinski definition) is 2. The highest BCUT2D eigenvalue weighted by Gasteiger charge is 2.34. The number of benzene rings is 3. The first kappa shape index (κ1) is 21.0. The topological polar surface area (TPSA) is 95.6 Å². The largest absolute Gasteiger partial charge is 0.270 e. The minimum absolute atomic E-state index is 0.0452. The average molecular weight is 427 g/mol. The maximum Gasteiger partial charge on any atom is 0.269 e. The van der Waals surface area contributed by atoms with Gasteiger partial charge in [0.2, 0.25) is 0 Å². The Balaban J connectivity index is 1.40. The fraction of sp³-hybridized carbons (Fsp3) is 0.120. The van der Waals surface area contributed by atoms with E-state index in [9.17, 15) is 19.2 Å². The molecule has 2 N–H and O–H groups in total. The van der Waals surface area contributed by atoms with Crippen LogP contribution in [0.4, 0.5) is 0 Å². The van der Waals surface area contributed by atoms with Crippen molar-refractivity contribution in [3.05, 3.63) is 106 Å². The van der Waals surface area contributed by atoms with E-state index >= 15 is 0 Å². The lowest BCUT2D eigenvalue weighted by Gasteiger charge is -2.14. The monoisotopic (exact) mass is 427 g/mol. The summed E-state index contributed by atoms with van der Waals surface area (Å²) in [5.74, 6) is -1.65. The Bertz CT molecular complexity index is 1180. The van der Waals surface area contributed by atoms with Crippen molar-refractivity contribution in [2.45, 2.75) is 19.9 Å². The summed E-state index contributed by atoms with van der Waals surface area (Å²) in [6, 6.07) is 20.4. The minimum Gasteiger partial charge on any atom is -0.270 e. The molecule has 160 valence electrons. The van der Waals surface area contributed by atoms with E-state index in [1.165, 1.54) is 0 Å². The Hall–Kier alpha value is -4.26. The smallest absolute Gasteiger partial charge is 0.269 e. The molecule has 1 aliphatic rings. The van der Waals surface area contributed by atoms with E-state index in [1.54, 1.807) is 60.7 Å². The normalized spacial score (nSPS) is 12.5. The highest BCUT2D eigenvalue weighted by atomic mass is 16.2. The molecular formula is C25H21N3O4. The molecule has 0 bridgehead atoms. The van der Waals surface area contributed by atoms with Gasteiger partial charge in [-0.15, -0.1) is 0 Å². The summed E-state index contributed by atoms with van der Waals surface area (Å²) >= 11 is 0. The lowest BCUT2D eigenvalue weighted by atomic mass is 10.1. The van der Waals surface area contributed by atoms with Crippen LogP contribution in [-0.4, -0.2) is 28.5 Å². The quantitative estimate of drug-likeness (QED) is 0.483. The summed E-state index contributed by atoms with van der Waals surface area (Å²) in [4.78, 5) is 51.0. The van der Waals surface area contributed by atoms with Gasteiger partial charge in [0.25, 0.3) is 23.6 Å². The van der Waals surface area contributed by atoms with Crippen LogP contribution in [0, 0.1) is 0 Å². The third-order valence-corrected chi connectivity index (χ3v) is 5.32. The third-order valence-electron chi connectivity index (χ3n) is 5.32. The van der Waals surface area contributed by atoms with E-state index < -0.39 is 11.8 Å². The highest BCUT2D eigenvalue weighted by Crippen LogP contribution is 2.24. The van der Waals surface area contributed by atoms with Gasteiger partial charge in [0.05, 0.1) is 17.7 Å². The molecule has 3 aromatic rings. The van der Waals surface area contributed by atoms with Crippen LogP contribution in [0.15, 0.2) is 72.8 Å². The standard InChI is InChI=1S/C25H21N3O4/c1-2-16-10-12-18(13-11-16)22(29)26-27-23(30)19-7-5-6-17(14-19)15-28-24(31)20-8-3-4-9-21(20)25(28)32/h3-14H,2,15H2,1H3,(H,26,29)(H,27,30). The minimum atomic E-state index is -0.507. The third kappa shape index (κ3) is 4.13. The van der Waals surface area contributed by atoms with Gasteiger partial charge in [-0.3, -0.25) is 34.9 Å². The van der Waals surface area contributed by atoms with Crippen molar-refractivity contribution in [3.8, 4) is 0 Å². The highest BCUT2D eigenvalue weighted by molar-refractivity contribution is 6.21. The van der Waals surface area contributed by atoms with E-state index in [-0.39, 0.29) is 18.4 Å². The van der Waals surface area contributed by atoms with E-state index in [0.717, 1.165) is 16.9 Å². The molecule has 0 unspecified atom stereocenters. The summed E-state index contributed by atoms with van der Waals surface area (Å²) in [5.41, 5.74) is 8.00. The van der Waals surface area contributed by atoms with Gasteiger partial charge in [-0.2, -0.15) is 0 Å². The summed E-state index contributed by atoms with van der Waals surface area (Å²) in [6.45, 7) is 2.07. The van der Waals surface area contributed by atoms with Gasteiger partial charge in [0, 0.05) is 11.1 Å². The molecule has 0 aromatic heterocycles. The number of imide groups is 1. The Morgan fingerprint density at radius 3 is 1.91 bits per heavy atom. The van der Waals surface area contributed by atoms with Crippen LogP contribution in [0.1, 0.15) is 59.5 Å². The number of rotatable bonds is 5. The fourth-order valence-corrected chi connectivity index (χ4v) is 3.53. The predicted octanol–water partition coefficient (Wildman–Crippen LogP) is 3.12. The van der Waals surface area contributed by atoms with E-state index in [1.807, 2.05) is 19.1 Å². The summed E-state index contributed by atoms with van der Waals surface area (Å²) in [5, 5.41) is 0. The van der Waals surface area contributed by atoms with Crippen molar-refractivity contribution >= 4 is 23.6 Å². The van der Waals surface area contributed by atoms with Gasteiger partial charge in [-0.25, -0.2) is 0 Å². The van der Waals surface area contributed by atoms with Crippen molar-refractivity contribution in [2.24, 2.45) is 0 Å². The number of nitrogens with zero attached hydrogens (tertiary/aromatic N) is 1. The van der Waals surface area contributed by atoms with E-state index in [4.69, 9.17) is 0 Å². The number of hydrogen-bond acceptors (Lipinski definition) is 4. The summed E-state index contributed by atoms with van der Waals surface area (Å²) < 4.78 is 0. The molecule has 1 heterocycles. The first-order valence-corrected chi connectivity index (χ1v) is 10.2. The maximum atomic E-state index is 12.6. The zero-order chi connectivity index (χ0) is 22.7. The number of aryl methyl sites for hydroxylation is 1. The molecule has 0 saturated carbocycles. The first-order chi connectivity index (χ1) is 15.5. The zero-order valence-electron chi connectivity index (χ0n) is 17.4. The van der Waals surface area contributed by atoms with Gasteiger partial charge in [-0.05, 0) is 53.9 Å². The van der Waals surface area contributed by atoms with Gasteiger partial charge >= 0.3 is 0 Å². The van der Waals surface area contributed by atoms with Crippen molar-refractivity contribution < 1.29 is 19.2 Å². The van der Waals surface area contributed by atoms with Crippen LogP contribution in [0.2, 0.25) is 0 Å². The molecule has 0 aliphatic carbocycles. The lowest BCUT2D eigenvalue weighted by Crippen LogP contribution is -2.41. The van der Waals surface area contributed by atoms with Crippen LogP contribution in [-0.2, 0) is 13.0 Å². The Kier molecular flexibility index (Phi) is 5.81. The molecule has 0 radical (unpaired) electrons. The average Bonchev–Trinajstić information content (AvgIpc) is 3.07. The molecule has 0 saturated heterocycles. The number of hydrazine groups is 1. The number of carbonyl (C=O) groups excluding carboxylic acids is 4. The number of nitrogens with one attached hydrogen (secondary N) is 2. The molecule has 7 heteroatoms. The second-order valence-corrected chi connectivity index (χ2v) is 7.40. The van der Waals surface area contributed by atoms with Gasteiger partial charge < -0.3 is 0 Å². The van der Waals surface area contributed by atoms with Crippen LogP contribution in [0.3, 0.4) is 0 Å². The maximum absolute atomic E-state index is 12.6. The number of fused-ring (bicyclic) bond motifs is 1. The van der Waals surface area contributed by atoms with Crippen molar-refractivity contribution in [2.75, 3.05) is 0 Å². The number of amides is 4. The molecule has 1 aliphatic heterocycles. The van der Waals surface area contributed by atoms with Crippen LogP contribution in [0.25, 0.3) is 0 Å². The van der Waals surface area contributed by atoms with Crippen LogP contribution < -0.4 is 10.9 Å². The van der Waals surface area contributed by atoms with Crippen molar-refractivity contribution in [3.63, 3.8) is 0 Å². The molecule has 7 nitrogen and oxygen atoms in total. The molecule has 4 rings (SSSR count). The van der Waals surface area contributed by atoms with E-state index in [2.05, 4.69) is 10.9 Å². The summed E-state index contributed by atoms with van der Waals surface area (Å²) in [6.07, 6.45) is 0.871. The zero-order valence-corrected chi connectivity index (χ0v) is 17.4. The van der Waals surface area contributed by atoms with Crippen molar-refractivity contribution in [1.82, 2.24) is 15.8 Å². The van der Waals surface area contributed by atoms with Gasteiger partial charge in [0.15, 0.2) is 0 Å². The second kappa shape index (κ2) is 8.85. The number of carbonyl (C=O) groups is 4. The molecule has 32 heavy (non-hydrogen) atoms. The fourth-order valence-electron chi connectivity index (χ4n) is 3.53. The Labute approximate surface area is 185 Å². The van der Waals surface area contributed by atoms with Crippen molar-refractivity contribution in [1.29, 1.82) is 0 Å². The second-order valence-electron chi connectivity index (χ2n) is 7.40.